The van der Waals surface area contributed by atoms with Gasteiger partial charge in [0, 0.05) is 42.9 Å². The van der Waals surface area contributed by atoms with E-state index in [9.17, 15) is 0 Å². The van der Waals surface area contributed by atoms with Gasteiger partial charge in [0.1, 0.15) is 0 Å². The summed E-state index contributed by atoms with van der Waals surface area (Å²) in [5, 5.41) is 0. The standard InChI is InChI=1S/Bi.Cu.Mg.Sc.Sn.7H. The number of hydrogen-bond acceptors (Lipinski definition) is 0. The number of rotatable bonds is 0. The van der Waals surface area contributed by atoms with Crippen LogP contribution >= 0.6 is 0 Å². The molecule has 0 aliphatic heterocycles. The van der Waals surface area contributed by atoms with Gasteiger partial charge in [-0.05, 0) is 0 Å². The molecule has 5 heteroatoms. The average Bonchev–Trinajstić information content (AvgIpc) is 0. The van der Waals surface area contributed by atoms with Crippen molar-refractivity contribution in [2.75, 3.05) is 0 Å². The molecule has 0 aromatic rings. The van der Waals surface area contributed by atoms with E-state index < -0.39 is 0 Å². The summed E-state index contributed by atoms with van der Waals surface area (Å²) in [4.78, 5) is 0. The molecule has 0 atom stereocenters. The van der Waals surface area contributed by atoms with Crippen molar-refractivity contribution in [3.8, 4) is 0 Å². The molecule has 0 aliphatic carbocycles. The molecule has 0 nitrogen and oxygen atoms in total. The molecule has 0 unspecified atom stereocenters. The van der Waals surface area contributed by atoms with Crippen molar-refractivity contribution < 1.29 is 42.9 Å². The van der Waals surface area contributed by atoms with E-state index in [1.807, 2.05) is 0 Å². The molecule has 32 valence electrons. The van der Waals surface area contributed by atoms with Crippen LogP contribution in [0.15, 0.2) is 0 Å². The summed E-state index contributed by atoms with van der Waals surface area (Å²) in [6, 6.07) is 0. The Morgan fingerprint density at radius 2 is 1.00 bits per heavy atom. The van der Waals surface area contributed by atoms with Crippen LogP contribution in [-0.2, 0) is 42.9 Å². The summed E-state index contributed by atoms with van der Waals surface area (Å²) in [6.07, 6.45) is 0. The summed E-state index contributed by atoms with van der Waals surface area (Å²) < 4.78 is 0. The summed E-state index contributed by atoms with van der Waals surface area (Å²) in [5.74, 6) is 0. The second-order valence-electron chi connectivity index (χ2n) is 0. The molecule has 0 bridgehead atoms. The molecule has 0 aromatic carbocycles. The zero-order chi connectivity index (χ0) is 0. The first kappa shape index (κ1) is 36.9. The van der Waals surface area contributed by atoms with Gasteiger partial charge in [0.25, 0.3) is 0 Å². The van der Waals surface area contributed by atoms with E-state index in [1.165, 1.54) is 0 Å². The predicted molar refractivity (Wildman–Crippen MR) is 27.0 cm³/mol. The molecular weight excluding hydrogens is 460 g/mol. The van der Waals surface area contributed by atoms with Crippen molar-refractivity contribution in [2.24, 2.45) is 0 Å². The first-order valence-corrected chi connectivity index (χ1v) is 0. The van der Waals surface area contributed by atoms with Gasteiger partial charge in [-0.1, -0.05) is 0 Å². The Morgan fingerprint density at radius 1 is 1.00 bits per heavy atom. The minimum absolute atomic E-state index is 0. The van der Waals surface area contributed by atoms with Gasteiger partial charge in [-0.2, -0.15) is 0 Å². The van der Waals surface area contributed by atoms with Crippen LogP contribution in [0.3, 0.4) is 0 Å². The summed E-state index contributed by atoms with van der Waals surface area (Å²) in [7, 11) is 0. The monoisotopic (exact) mass is 468 g/mol. The van der Waals surface area contributed by atoms with Gasteiger partial charge in [-0.15, -0.1) is 0 Å². The molecule has 0 rings (SSSR count). The third-order valence-corrected chi connectivity index (χ3v) is 0. The Hall–Kier alpha value is 3.84. The molecule has 0 fully saturated rings. The third-order valence-electron chi connectivity index (χ3n) is 0. The SMILES string of the molecule is [BiH3].[Cu].[MgH2].[Sc].[SnH2]. The Labute approximate surface area is 113 Å². The van der Waals surface area contributed by atoms with E-state index in [4.69, 9.17) is 0 Å². The average molecular weight is 468 g/mol. The van der Waals surface area contributed by atoms with E-state index in [-0.39, 0.29) is 116 Å². The van der Waals surface area contributed by atoms with E-state index in [1.54, 1.807) is 0 Å². The van der Waals surface area contributed by atoms with Crippen LogP contribution in [0.5, 0.6) is 0 Å². The fourth-order valence-corrected chi connectivity index (χ4v) is 0. The van der Waals surface area contributed by atoms with Crippen molar-refractivity contribution in [3.63, 3.8) is 0 Å². The summed E-state index contributed by atoms with van der Waals surface area (Å²) in [6.45, 7) is 0. The molecule has 0 N–H and O–H groups in total. The first-order chi connectivity index (χ1) is 0. The molecule has 0 aliphatic rings. The van der Waals surface area contributed by atoms with E-state index in [0.29, 0.717) is 0 Å². The molecule has 0 amide bonds. The van der Waals surface area contributed by atoms with Crippen LogP contribution in [0.25, 0.3) is 0 Å². The van der Waals surface area contributed by atoms with Crippen molar-refractivity contribution in [3.05, 3.63) is 0 Å². The second kappa shape index (κ2) is 24.9. The van der Waals surface area contributed by atoms with E-state index >= 15 is 0 Å². The van der Waals surface area contributed by atoms with Crippen molar-refractivity contribution >= 4 is 73.2 Å². The molecule has 4 radical (unpaired) electrons. The Bertz CT molecular complexity index is 11.6. The van der Waals surface area contributed by atoms with Crippen LogP contribution in [0.1, 0.15) is 0 Å². The molecule has 0 spiro atoms. The Balaban J connectivity index is 0. The predicted octanol–water partition coefficient (Wildman–Crippen LogP) is -3.02. The number of hydrogen-bond donors (Lipinski definition) is 0. The fourth-order valence-electron chi connectivity index (χ4n) is 0. The van der Waals surface area contributed by atoms with E-state index in [0.717, 1.165) is 0 Å². The van der Waals surface area contributed by atoms with Crippen LogP contribution in [0.4, 0.5) is 0 Å². The summed E-state index contributed by atoms with van der Waals surface area (Å²) in [5.41, 5.74) is 0. The second-order valence-corrected chi connectivity index (χ2v) is 0. The quantitative estimate of drug-likeness (QED) is 0.333. The van der Waals surface area contributed by atoms with Gasteiger partial charge in [0.15, 0.2) is 0 Å². The van der Waals surface area contributed by atoms with Gasteiger partial charge in [-0.25, -0.2) is 0 Å². The van der Waals surface area contributed by atoms with Crippen LogP contribution < -0.4 is 0 Å². The Kier molecular flexibility index (Phi) is 183. The van der Waals surface area contributed by atoms with E-state index in [2.05, 4.69) is 0 Å². The van der Waals surface area contributed by atoms with Gasteiger partial charge in [0.05, 0.1) is 0 Å². The van der Waals surface area contributed by atoms with Crippen molar-refractivity contribution in [1.29, 1.82) is 0 Å². The fraction of sp³-hybridized carbons (Fsp3) is 0. The van der Waals surface area contributed by atoms with Crippen LogP contribution in [0.2, 0.25) is 0 Å². The van der Waals surface area contributed by atoms with Gasteiger partial charge in [0.2, 0.25) is 0 Å². The van der Waals surface area contributed by atoms with Gasteiger partial charge < -0.3 is 0 Å². The first-order valence-electron chi connectivity index (χ1n) is 0. The minimum atomic E-state index is 0. The molecular formula is H7BiCuMgScSn. The van der Waals surface area contributed by atoms with Gasteiger partial charge >= 0.3 is 73.2 Å². The third kappa shape index (κ3) is 18.1. The topological polar surface area (TPSA) is 0 Å². The molecule has 0 saturated carbocycles. The van der Waals surface area contributed by atoms with Crippen LogP contribution in [-0.4, -0.2) is 73.2 Å². The zero-order valence-corrected chi connectivity index (χ0v) is 14.6. The molecule has 0 heterocycles. The van der Waals surface area contributed by atoms with Gasteiger partial charge in [-0.3, -0.25) is 0 Å². The zero-order valence-electron chi connectivity index (χ0n) is 2.29. The van der Waals surface area contributed by atoms with Crippen molar-refractivity contribution in [2.45, 2.75) is 0 Å². The molecule has 0 aromatic heterocycles. The normalized spacial score (nSPS) is 0. The summed E-state index contributed by atoms with van der Waals surface area (Å²) >= 11 is 0. The maximum atomic E-state index is 0. The Morgan fingerprint density at radius 3 is 1.00 bits per heavy atom. The molecule has 0 saturated heterocycles. The maximum absolute atomic E-state index is 0. The molecule has 5 heavy (non-hydrogen) atoms. The van der Waals surface area contributed by atoms with Crippen LogP contribution in [0, 0.1) is 0 Å². The van der Waals surface area contributed by atoms with Crippen molar-refractivity contribution in [1.82, 2.24) is 0 Å².